The van der Waals surface area contributed by atoms with Crippen molar-refractivity contribution in [3.05, 3.63) is 12.4 Å². The van der Waals surface area contributed by atoms with Gasteiger partial charge in [-0.15, -0.1) is 5.10 Å². The molecular weight excluding hydrogens is 264 g/mol. The molecule has 0 aromatic carbocycles. The summed E-state index contributed by atoms with van der Waals surface area (Å²) in [6.45, 7) is 8.52. The van der Waals surface area contributed by atoms with Crippen LogP contribution < -0.4 is 0 Å². The number of aromatic nitrogens is 3. The molecule has 3 atom stereocenters. The molecule has 21 heavy (non-hydrogen) atoms. The smallest absolute Gasteiger partial charge is 0.225 e. The fourth-order valence-corrected chi connectivity index (χ4v) is 4.36. The molecule has 0 spiro atoms. The van der Waals surface area contributed by atoms with Crippen molar-refractivity contribution in [2.45, 2.75) is 52.5 Å². The molecule has 3 rings (SSSR count). The Morgan fingerprint density at radius 1 is 1.33 bits per heavy atom. The van der Waals surface area contributed by atoms with Gasteiger partial charge in [0.1, 0.15) is 0 Å². The minimum Gasteiger partial charge on any atom is -0.340 e. The first-order valence-corrected chi connectivity index (χ1v) is 8.09. The summed E-state index contributed by atoms with van der Waals surface area (Å²) in [5.74, 6) is 1.21. The molecule has 116 valence electrons. The summed E-state index contributed by atoms with van der Waals surface area (Å²) in [7, 11) is 0. The lowest BCUT2D eigenvalue weighted by atomic mass is 9.67. The van der Waals surface area contributed by atoms with E-state index in [2.05, 4.69) is 31.1 Å². The number of rotatable bonds is 2. The average molecular weight is 290 g/mol. The van der Waals surface area contributed by atoms with Crippen LogP contribution in [0.25, 0.3) is 0 Å². The van der Waals surface area contributed by atoms with E-state index in [1.54, 1.807) is 6.20 Å². The normalized spacial score (nSPS) is 32.3. The summed E-state index contributed by atoms with van der Waals surface area (Å²) >= 11 is 0. The van der Waals surface area contributed by atoms with Crippen molar-refractivity contribution < 1.29 is 4.79 Å². The molecule has 0 radical (unpaired) electrons. The van der Waals surface area contributed by atoms with Crippen LogP contribution >= 0.6 is 0 Å². The van der Waals surface area contributed by atoms with Crippen LogP contribution in [0.2, 0.25) is 0 Å². The first-order chi connectivity index (χ1) is 9.94. The van der Waals surface area contributed by atoms with Crippen molar-refractivity contribution in [2.24, 2.45) is 17.3 Å². The standard InChI is InChI=1S/C16H26N4O/c1-12-8-13(10-16(2,3)9-12)15(21)19-6-4-14(11-19)20-7-5-17-18-20/h5,7,12-14H,4,6,8-11H2,1-3H3. The van der Waals surface area contributed by atoms with E-state index in [4.69, 9.17) is 0 Å². The van der Waals surface area contributed by atoms with E-state index in [1.165, 1.54) is 6.42 Å². The average Bonchev–Trinajstić information content (AvgIpc) is 3.06. The van der Waals surface area contributed by atoms with E-state index in [1.807, 2.05) is 15.8 Å². The lowest BCUT2D eigenvalue weighted by Crippen LogP contribution is -2.40. The fourth-order valence-electron chi connectivity index (χ4n) is 4.36. The Balaban J connectivity index is 1.63. The van der Waals surface area contributed by atoms with E-state index in [0.717, 1.165) is 32.4 Å². The van der Waals surface area contributed by atoms with Gasteiger partial charge in [-0.1, -0.05) is 26.0 Å². The molecule has 1 amide bonds. The quantitative estimate of drug-likeness (QED) is 0.841. The topological polar surface area (TPSA) is 51.0 Å². The predicted octanol–water partition coefficient (Wildman–Crippen LogP) is 2.51. The van der Waals surface area contributed by atoms with Gasteiger partial charge in [0.25, 0.3) is 0 Å². The second-order valence-corrected chi connectivity index (χ2v) is 7.72. The Hall–Kier alpha value is -1.39. The first-order valence-electron chi connectivity index (χ1n) is 8.09. The highest BCUT2D eigenvalue weighted by atomic mass is 16.2. The van der Waals surface area contributed by atoms with Crippen LogP contribution in [0.15, 0.2) is 12.4 Å². The van der Waals surface area contributed by atoms with Crippen molar-refractivity contribution in [1.82, 2.24) is 19.9 Å². The summed E-state index contributed by atoms with van der Waals surface area (Å²) in [5.41, 5.74) is 0.295. The van der Waals surface area contributed by atoms with E-state index in [0.29, 0.717) is 23.3 Å². The third kappa shape index (κ3) is 3.11. The Kier molecular flexibility index (Phi) is 3.76. The molecule has 1 aromatic rings. The Bertz CT molecular complexity index is 496. The maximum atomic E-state index is 12.8. The first kappa shape index (κ1) is 14.5. The highest BCUT2D eigenvalue weighted by Gasteiger charge is 2.39. The molecule has 1 saturated carbocycles. The number of amides is 1. The van der Waals surface area contributed by atoms with Crippen LogP contribution in [0.1, 0.15) is 52.5 Å². The minimum atomic E-state index is 0.207. The molecule has 0 N–H and O–H groups in total. The zero-order valence-corrected chi connectivity index (χ0v) is 13.3. The van der Waals surface area contributed by atoms with Crippen LogP contribution in [0.5, 0.6) is 0 Å². The lowest BCUT2D eigenvalue weighted by molar-refractivity contribution is -0.137. The molecule has 2 fully saturated rings. The molecule has 5 heteroatoms. The second kappa shape index (κ2) is 5.43. The van der Waals surface area contributed by atoms with Gasteiger partial charge in [0, 0.05) is 25.2 Å². The van der Waals surface area contributed by atoms with Crippen LogP contribution in [0.3, 0.4) is 0 Å². The summed E-state index contributed by atoms with van der Waals surface area (Å²) in [6, 6.07) is 0.297. The van der Waals surface area contributed by atoms with Gasteiger partial charge in [-0.2, -0.15) is 0 Å². The summed E-state index contributed by atoms with van der Waals surface area (Å²) in [5, 5.41) is 7.93. The molecule has 3 unspecified atom stereocenters. The Morgan fingerprint density at radius 3 is 2.81 bits per heavy atom. The molecule has 2 aliphatic rings. The zero-order valence-electron chi connectivity index (χ0n) is 13.3. The fraction of sp³-hybridized carbons (Fsp3) is 0.812. The van der Waals surface area contributed by atoms with Crippen LogP contribution in [-0.4, -0.2) is 38.9 Å². The van der Waals surface area contributed by atoms with E-state index >= 15 is 0 Å². The van der Waals surface area contributed by atoms with Crippen LogP contribution in [0, 0.1) is 17.3 Å². The van der Waals surface area contributed by atoms with Crippen LogP contribution in [0.4, 0.5) is 0 Å². The van der Waals surface area contributed by atoms with Gasteiger partial charge >= 0.3 is 0 Å². The highest BCUT2D eigenvalue weighted by molar-refractivity contribution is 5.79. The molecular formula is C16H26N4O. The number of hydrogen-bond donors (Lipinski definition) is 0. The van der Waals surface area contributed by atoms with Crippen molar-refractivity contribution in [3.8, 4) is 0 Å². The van der Waals surface area contributed by atoms with Gasteiger partial charge in [0.05, 0.1) is 12.2 Å². The maximum absolute atomic E-state index is 12.8. The minimum absolute atomic E-state index is 0.207. The third-order valence-electron chi connectivity index (χ3n) is 5.03. The van der Waals surface area contributed by atoms with E-state index in [9.17, 15) is 4.79 Å². The molecule has 1 saturated heterocycles. The van der Waals surface area contributed by atoms with Crippen LogP contribution in [-0.2, 0) is 4.79 Å². The number of carbonyl (C=O) groups is 1. The molecule has 1 aliphatic carbocycles. The summed E-state index contributed by atoms with van der Waals surface area (Å²) in [6.07, 6.45) is 7.90. The maximum Gasteiger partial charge on any atom is 0.225 e. The van der Waals surface area contributed by atoms with Gasteiger partial charge in [0.15, 0.2) is 0 Å². The summed E-state index contributed by atoms with van der Waals surface area (Å²) in [4.78, 5) is 14.9. The monoisotopic (exact) mass is 290 g/mol. The van der Waals surface area contributed by atoms with Gasteiger partial charge in [0.2, 0.25) is 5.91 Å². The van der Waals surface area contributed by atoms with Crippen molar-refractivity contribution in [2.75, 3.05) is 13.1 Å². The number of carbonyl (C=O) groups excluding carboxylic acids is 1. The highest BCUT2D eigenvalue weighted by Crippen LogP contribution is 2.42. The lowest BCUT2D eigenvalue weighted by Gasteiger charge is -2.39. The molecule has 2 heterocycles. The molecule has 1 aromatic heterocycles. The summed E-state index contributed by atoms with van der Waals surface area (Å²) < 4.78 is 1.89. The van der Waals surface area contributed by atoms with E-state index < -0.39 is 0 Å². The number of hydrogen-bond acceptors (Lipinski definition) is 3. The molecule has 0 bridgehead atoms. The Labute approximate surface area is 126 Å². The van der Waals surface area contributed by atoms with Gasteiger partial charge in [-0.25, -0.2) is 4.68 Å². The SMILES string of the molecule is CC1CC(C(=O)N2CCC(n3ccnn3)C2)CC(C)(C)C1. The number of likely N-dealkylation sites (tertiary alicyclic amines) is 1. The molecule has 5 nitrogen and oxygen atoms in total. The Morgan fingerprint density at radius 2 is 2.14 bits per heavy atom. The second-order valence-electron chi connectivity index (χ2n) is 7.72. The van der Waals surface area contributed by atoms with Gasteiger partial charge in [-0.3, -0.25) is 4.79 Å². The number of nitrogens with zero attached hydrogens (tertiary/aromatic N) is 4. The van der Waals surface area contributed by atoms with Gasteiger partial charge in [-0.05, 0) is 37.0 Å². The zero-order chi connectivity index (χ0) is 15.0. The van der Waals surface area contributed by atoms with Crippen molar-refractivity contribution in [3.63, 3.8) is 0 Å². The molecule has 1 aliphatic heterocycles. The van der Waals surface area contributed by atoms with Gasteiger partial charge < -0.3 is 4.90 Å². The van der Waals surface area contributed by atoms with E-state index in [-0.39, 0.29) is 5.92 Å². The van der Waals surface area contributed by atoms with Crippen molar-refractivity contribution >= 4 is 5.91 Å². The van der Waals surface area contributed by atoms with Crippen molar-refractivity contribution in [1.29, 1.82) is 0 Å². The third-order valence-corrected chi connectivity index (χ3v) is 5.03. The predicted molar refractivity (Wildman–Crippen MR) is 80.5 cm³/mol. The largest absolute Gasteiger partial charge is 0.340 e.